The minimum absolute atomic E-state index is 0.0638. The second-order valence-corrected chi connectivity index (χ2v) is 7.73. The van der Waals surface area contributed by atoms with E-state index in [-0.39, 0.29) is 30.3 Å². The minimum Gasteiger partial charge on any atom is -0.396 e. The molecule has 8 heteroatoms. The largest absolute Gasteiger partial charge is 0.396 e. The van der Waals surface area contributed by atoms with Crippen LogP contribution in [0.3, 0.4) is 0 Å². The monoisotopic (exact) mass is 423 g/mol. The van der Waals surface area contributed by atoms with Crippen LogP contribution in [0.2, 0.25) is 0 Å². The van der Waals surface area contributed by atoms with Crippen LogP contribution in [-0.4, -0.2) is 33.3 Å². The molecule has 0 aliphatic heterocycles. The van der Waals surface area contributed by atoms with Gasteiger partial charge in [-0.15, -0.1) is 0 Å². The highest BCUT2D eigenvalue weighted by atomic mass is 19.1. The van der Waals surface area contributed by atoms with E-state index in [4.69, 9.17) is 15.7 Å². The molecular weight excluding hydrogens is 397 g/mol. The number of aliphatic hydroxyl groups is 1. The SMILES string of the molecule is Cc1nc(N)nc2c1C(NOCCCO)CC(c1ccc(F)cc1-c1cccnc1)C2. The van der Waals surface area contributed by atoms with Gasteiger partial charge in [-0.05, 0) is 61.4 Å². The number of pyridine rings is 1. The predicted molar refractivity (Wildman–Crippen MR) is 115 cm³/mol. The van der Waals surface area contributed by atoms with Gasteiger partial charge in [0.2, 0.25) is 5.95 Å². The number of nitrogens with two attached hydrogens (primary N) is 1. The molecule has 0 bridgehead atoms. The molecule has 0 radical (unpaired) electrons. The van der Waals surface area contributed by atoms with Crippen molar-refractivity contribution < 1.29 is 14.3 Å². The van der Waals surface area contributed by atoms with Gasteiger partial charge in [0.1, 0.15) is 5.82 Å². The summed E-state index contributed by atoms with van der Waals surface area (Å²) >= 11 is 0. The number of rotatable bonds is 7. The Morgan fingerprint density at radius 2 is 2.16 bits per heavy atom. The Balaban J connectivity index is 1.72. The predicted octanol–water partition coefficient (Wildman–Crippen LogP) is 3.24. The fourth-order valence-electron chi connectivity index (χ4n) is 4.29. The van der Waals surface area contributed by atoms with E-state index in [1.165, 1.54) is 6.07 Å². The van der Waals surface area contributed by atoms with Crippen LogP contribution in [0.15, 0.2) is 42.7 Å². The number of aliphatic hydroxyl groups excluding tert-OH is 1. The van der Waals surface area contributed by atoms with E-state index in [1.54, 1.807) is 18.5 Å². The van der Waals surface area contributed by atoms with Gasteiger partial charge in [-0.2, -0.15) is 5.48 Å². The highest BCUT2D eigenvalue weighted by molar-refractivity contribution is 5.67. The molecule has 0 spiro atoms. The van der Waals surface area contributed by atoms with Gasteiger partial charge in [0.25, 0.3) is 0 Å². The number of anilines is 1. The van der Waals surface area contributed by atoms with Crippen molar-refractivity contribution in [1.29, 1.82) is 0 Å². The van der Waals surface area contributed by atoms with Crippen molar-refractivity contribution in [3.05, 3.63) is 71.1 Å². The van der Waals surface area contributed by atoms with Crippen molar-refractivity contribution in [2.24, 2.45) is 0 Å². The lowest BCUT2D eigenvalue weighted by atomic mass is 9.77. The number of halogens is 1. The van der Waals surface area contributed by atoms with Gasteiger partial charge >= 0.3 is 0 Å². The third-order valence-corrected chi connectivity index (χ3v) is 5.60. The summed E-state index contributed by atoms with van der Waals surface area (Å²) in [4.78, 5) is 18.6. The quantitative estimate of drug-likeness (QED) is 0.396. The van der Waals surface area contributed by atoms with E-state index in [0.717, 1.165) is 40.1 Å². The molecule has 7 nitrogen and oxygen atoms in total. The zero-order valence-corrected chi connectivity index (χ0v) is 17.4. The van der Waals surface area contributed by atoms with Gasteiger partial charge < -0.3 is 15.7 Å². The Labute approximate surface area is 180 Å². The van der Waals surface area contributed by atoms with Crippen LogP contribution in [0, 0.1) is 12.7 Å². The molecular formula is C23H26FN5O2. The first kappa shape index (κ1) is 21.3. The summed E-state index contributed by atoms with van der Waals surface area (Å²) < 4.78 is 14.2. The average molecular weight is 423 g/mol. The molecule has 0 saturated heterocycles. The van der Waals surface area contributed by atoms with Gasteiger partial charge in [0.05, 0.1) is 18.3 Å². The molecule has 3 aromatic rings. The van der Waals surface area contributed by atoms with E-state index < -0.39 is 0 Å². The maximum absolute atomic E-state index is 14.2. The fourth-order valence-corrected chi connectivity index (χ4v) is 4.29. The highest BCUT2D eigenvalue weighted by Crippen LogP contribution is 2.42. The summed E-state index contributed by atoms with van der Waals surface area (Å²) in [6.07, 6.45) is 5.37. The van der Waals surface area contributed by atoms with Crippen molar-refractivity contribution in [3.8, 4) is 11.1 Å². The lowest BCUT2D eigenvalue weighted by Gasteiger charge is -2.33. The summed E-state index contributed by atoms with van der Waals surface area (Å²) in [6, 6.07) is 8.51. The number of nitrogens with one attached hydrogen (secondary N) is 1. The fraction of sp³-hybridized carbons (Fsp3) is 0.348. The Bertz CT molecular complexity index is 1050. The lowest BCUT2D eigenvalue weighted by molar-refractivity contribution is 0.00285. The van der Waals surface area contributed by atoms with E-state index in [0.29, 0.717) is 19.4 Å². The number of benzene rings is 1. The van der Waals surface area contributed by atoms with Crippen molar-refractivity contribution >= 4 is 5.95 Å². The van der Waals surface area contributed by atoms with E-state index in [2.05, 4.69) is 20.4 Å². The molecule has 0 amide bonds. The zero-order valence-electron chi connectivity index (χ0n) is 17.4. The summed E-state index contributed by atoms with van der Waals surface area (Å²) in [5, 5.41) is 9.01. The van der Waals surface area contributed by atoms with Gasteiger partial charge in [-0.25, -0.2) is 14.4 Å². The highest BCUT2D eigenvalue weighted by Gasteiger charge is 2.32. The minimum atomic E-state index is -0.289. The maximum Gasteiger partial charge on any atom is 0.220 e. The van der Waals surface area contributed by atoms with Crippen molar-refractivity contribution in [3.63, 3.8) is 0 Å². The van der Waals surface area contributed by atoms with E-state index >= 15 is 0 Å². The first-order chi connectivity index (χ1) is 15.1. The topological polar surface area (TPSA) is 106 Å². The van der Waals surface area contributed by atoms with Gasteiger partial charge in [-0.1, -0.05) is 12.1 Å². The number of fused-ring (bicyclic) bond motifs is 1. The van der Waals surface area contributed by atoms with Crippen molar-refractivity contribution in [2.75, 3.05) is 18.9 Å². The van der Waals surface area contributed by atoms with Gasteiger partial charge in [0, 0.05) is 35.8 Å². The summed E-state index contributed by atoms with van der Waals surface area (Å²) in [6.45, 7) is 2.37. The standard InChI is InChI=1S/C23H26FN5O2/c1-14-22-20(28-23(25)27-14)10-16(11-21(22)29-31-9-3-8-30)18-6-5-17(24)12-19(18)15-4-2-7-26-13-15/h2,4-7,12-13,16,21,29-30H,3,8-11H2,1H3,(H2,25,27,28). The number of aromatic nitrogens is 3. The second-order valence-electron chi connectivity index (χ2n) is 7.73. The van der Waals surface area contributed by atoms with Crippen LogP contribution in [0.4, 0.5) is 10.3 Å². The molecule has 0 fully saturated rings. The number of hydrogen-bond donors (Lipinski definition) is 3. The molecule has 162 valence electrons. The maximum atomic E-state index is 14.2. The molecule has 4 rings (SSSR count). The normalized spacial score (nSPS) is 18.0. The second kappa shape index (κ2) is 9.47. The molecule has 2 unspecified atom stereocenters. The van der Waals surface area contributed by atoms with Crippen LogP contribution >= 0.6 is 0 Å². The number of hydroxylamine groups is 1. The molecule has 2 heterocycles. The Kier molecular flexibility index (Phi) is 6.50. The molecule has 4 N–H and O–H groups in total. The van der Waals surface area contributed by atoms with Crippen molar-refractivity contribution in [2.45, 2.75) is 38.1 Å². The molecule has 31 heavy (non-hydrogen) atoms. The molecule has 1 aliphatic rings. The first-order valence-electron chi connectivity index (χ1n) is 10.4. The molecule has 2 atom stereocenters. The number of hydrogen-bond acceptors (Lipinski definition) is 7. The van der Waals surface area contributed by atoms with Crippen LogP contribution in [0.5, 0.6) is 0 Å². The van der Waals surface area contributed by atoms with Crippen LogP contribution in [-0.2, 0) is 11.3 Å². The number of nitrogens with zero attached hydrogens (tertiary/aromatic N) is 3. The Morgan fingerprint density at radius 1 is 1.29 bits per heavy atom. The van der Waals surface area contributed by atoms with Gasteiger partial charge in [-0.3, -0.25) is 4.98 Å². The zero-order chi connectivity index (χ0) is 21.8. The third kappa shape index (κ3) is 4.71. The molecule has 1 aromatic carbocycles. The summed E-state index contributed by atoms with van der Waals surface area (Å²) in [7, 11) is 0. The summed E-state index contributed by atoms with van der Waals surface area (Å²) in [5.41, 5.74) is 14.4. The first-order valence-corrected chi connectivity index (χ1v) is 10.4. The van der Waals surface area contributed by atoms with Crippen LogP contribution in [0.25, 0.3) is 11.1 Å². The van der Waals surface area contributed by atoms with E-state index in [1.807, 2.05) is 25.1 Å². The van der Waals surface area contributed by atoms with E-state index in [9.17, 15) is 4.39 Å². The number of aryl methyl sites for hydroxylation is 1. The van der Waals surface area contributed by atoms with Crippen LogP contribution in [0.1, 0.15) is 47.3 Å². The third-order valence-electron chi connectivity index (χ3n) is 5.60. The Morgan fingerprint density at radius 3 is 2.94 bits per heavy atom. The summed E-state index contributed by atoms with van der Waals surface area (Å²) in [5.74, 6) is 0.0163. The van der Waals surface area contributed by atoms with Crippen LogP contribution < -0.4 is 11.2 Å². The Hall–Kier alpha value is -2.94. The molecule has 2 aromatic heterocycles. The van der Waals surface area contributed by atoms with Gasteiger partial charge in [0.15, 0.2) is 0 Å². The molecule has 1 aliphatic carbocycles. The number of nitrogen functional groups attached to an aromatic ring is 1. The average Bonchev–Trinajstić information content (AvgIpc) is 2.76. The smallest absolute Gasteiger partial charge is 0.220 e. The van der Waals surface area contributed by atoms with Crippen molar-refractivity contribution in [1.82, 2.24) is 20.4 Å². The molecule has 0 saturated carbocycles. The lowest BCUT2D eigenvalue weighted by Crippen LogP contribution is -2.31.